The molecule has 1 aliphatic rings. The van der Waals surface area contributed by atoms with Crippen molar-refractivity contribution >= 4 is 29.1 Å². The quantitative estimate of drug-likeness (QED) is 0.763. The van der Waals surface area contributed by atoms with E-state index in [9.17, 15) is 14.4 Å². The molecule has 2 aromatic carbocycles. The number of benzene rings is 2. The Bertz CT molecular complexity index is 969. The zero-order chi connectivity index (χ0) is 20.1. The standard InChI is InChI=1S/C22H19N3O3/c1-3-16-7-6-8-17(13-16)24-21(27)14-23-20(26)11-12-25-15(2)18-9-4-5-10-19(18)22(25)28/h1,4-10,13H,2,11-12,14H2,(H,23,26)(H,24,27). The molecule has 0 saturated heterocycles. The molecule has 2 N–H and O–H groups in total. The van der Waals surface area contributed by atoms with Crippen LogP contribution in [0.2, 0.25) is 0 Å². The van der Waals surface area contributed by atoms with E-state index in [0.717, 1.165) is 5.56 Å². The molecule has 1 heterocycles. The largest absolute Gasteiger partial charge is 0.347 e. The van der Waals surface area contributed by atoms with Crippen LogP contribution in [-0.4, -0.2) is 35.7 Å². The second-order valence-corrected chi connectivity index (χ2v) is 6.25. The van der Waals surface area contributed by atoms with E-state index in [-0.39, 0.29) is 37.2 Å². The Morgan fingerprint density at radius 3 is 2.54 bits per heavy atom. The summed E-state index contributed by atoms with van der Waals surface area (Å²) in [6.45, 7) is 3.96. The van der Waals surface area contributed by atoms with Crippen molar-refractivity contribution in [1.82, 2.24) is 10.2 Å². The molecule has 3 amide bonds. The van der Waals surface area contributed by atoms with E-state index in [1.807, 2.05) is 12.1 Å². The molecule has 3 rings (SSSR count). The molecule has 0 bridgehead atoms. The summed E-state index contributed by atoms with van der Waals surface area (Å²) in [6.07, 6.45) is 5.39. The van der Waals surface area contributed by atoms with E-state index in [0.29, 0.717) is 22.5 Å². The third-order valence-electron chi connectivity index (χ3n) is 4.36. The minimum Gasteiger partial charge on any atom is -0.347 e. The van der Waals surface area contributed by atoms with Crippen molar-refractivity contribution in [3.63, 3.8) is 0 Å². The number of anilines is 1. The lowest BCUT2D eigenvalue weighted by atomic mass is 10.1. The van der Waals surface area contributed by atoms with Crippen LogP contribution in [0.3, 0.4) is 0 Å². The molecular weight excluding hydrogens is 354 g/mol. The molecule has 0 unspecified atom stereocenters. The Kier molecular flexibility index (Phi) is 5.56. The van der Waals surface area contributed by atoms with Crippen LogP contribution in [0.4, 0.5) is 5.69 Å². The third-order valence-corrected chi connectivity index (χ3v) is 4.36. The fourth-order valence-corrected chi connectivity index (χ4v) is 2.94. The van der Waals surface area contributed by atoms with Gasteiger partial charge in [-0.25, -0.2) is 0 Å². The van der Waals surface area contributed by atoms with Crippen LogP contribution in [-0.2, 0) is 9.59 Å². The highest BCUT2D eigenvalue weighted by Gasteiger charge is 2.30. The first-order valence-electron chi connectivity index (χ1n) is 8.73. The Morgan fingerprint density at radius 2 is 1.82 bits per heavy atom. The number of terminal acetylenes is 1. The van der Waals surface area contributed by atoms with Crippen LogP contribution >= 0.6 is 0 Å². The molecule has 0 aliphatic carbocycles. The van der Waals surface area contributed by atoms with Crippen LogP contribution in [0, 0.1) is 12.3 Å². The molecule has 0 aromatic heterocycles. The molecule has 0 atom stereocenters. The average molecular weight is 373 g/mol. The SMILES string of the molecule is C#Cc1cccc(NC(=O)CNC(=O)CCN2C(=C)c3ccccc3C2=O)c1. The van der Waals surface area contributed by atoms with Crippen molar-refractivity contribution in [2.24, 2.45) is 0 Å². The minimum atomic E-state index is -0.364. The highest BCUT2D eigenvalue weighted by Crippen LogP contribution is 2.30. The first kappa shape index (κ1) is 18.9. The fourth-order valence-electron chi connectivity index (χ4n) is 2.94. The number of hydrogen-bond acceptors (Lipinski definition) is 3. The van der Waals surface area contributed by atoms with Gasteiger partial charge in [-0.15, -0.1) is 6.42 Å². The van der Waals surface area contributed by atoms with E-state index in [1.54, 1.807) is 36.4 Å². The summed E-state index contributed by atoms with van der Waals surface area (Å²) >= 11 is 0. The van der Waals surface area contributed by atoms with Gasteiger partial charge in [0.15, 0.2) is 0 Å². The Morgan fingerprint density at radius 1 is 1.07 bits per heavy atom. The first-order chi connectivity index (χ1) is 13.5. The highest BCUT2D eigenvalue weighted by molar-refractivity contribution is 6.09. The molecule has 0 fully saturated rings. The highest BCUT2D eigenvalue weighted by atomic mass is 16.2. The van der Waals surface area contributed by atoms with Gasteiger partial charge in [0.1, 0.15) is 0 Å². The van der Waals surface area contributed by atoms with Gasteiger partial charge in [-0.2, -0.15) is 0 Å². The molecule has 0 saturated carbocycles. The van der Waals surface area contributed by atoms with Crippen molar-refractivity contribution in [3.05, 3.63) is 71.8 Å². The summed E-state index contributed by atoms with van der Waals surface area (Å²) in [5.41, 5.74) is 3.16. The van der Waals surface area contributed by atoms with Crippen molar-refractivity contribution in [3.8, 4) is 12.3 Å². The third kappa shape index (κ3) is 4.10. The number of fused-ring (bicyclic) bond motifs is 1. The number of nitrogens with zero attached hydrogens (tertiary/aromatic N) is 1. The first-order valence-corrected chi connectivity index (χ1v) is 8.73. The topological polar surface area (TPSA) is 78.5 Å². The summed E-state index contributed by atoms with van der Waals surface area (Å²) in [5, 5.41) is 5.21. The van der Waals surface area contributed by atoms with Crippen LogP contribution < -0.4 is 10.6 Å². The van der Waals surface area contributed by atoms with E-state index in [1.165, 1.54) is 4.90 Å². The lowest BCUT2D eigenvalue weighted by Gasteiger charge is -2.17. The zero-order valence-corrected chi connectivity index (χ0v) is 15.2. The van der Waals surface area contributed by atoms with Gasteiger partial charge in [0.25, 0.3) is 5.91 Å². The smallest absolute Gasteiger partial charge is 0.258 e. The summed E-state index contributed by atoms with van der Waals surface area (Å²) in [6, 6.07) is 14.1. The van der Waals surface area contributed by atoms with Crippen LogP contribution in [0.5, 0.6) is 0 Å². The van der Waals surface area contributed by atoms with Gasteiger partial charge in [0, 0.05) is 41.0 Å². The molecule has 6 nitrogen and oxygen atoms in total. The number of rotatable bonds is 6. The molecule has 0 radical (unpaired) electrons. The second kappa shape index (κ2) is 8.23. The van der Waals surface area contributed by atoms with Crippen molar-refractivity contribution in [1.29, 1.82) is 0 Å². The Labute approximate surface area is 163 Å². The van der Waals surface area contributed by atoms with Gasteiger partial charge in [-0.1, -0.05) is 36.8 Å². The number of carbonyl (C=O) groups excluding carboxylic acids is 3. The number of carbonyl (C=O) groups is 3. The molecule has 2 aromatic rings. The van der Waals surface area contributed by atoms with E-state index >= 15 is 0 Å². The molecule has 28 heavy (non-hydrogen) atoms. The molecular formula is C22H19N3O3. The van der Waals surface area contributed by atoms with Crippen LogP contribution in [0.25, 0.3) is 5.70 Å². The predicted octanol–water partition coefficient (Wildman–Crippen LogP) is 2.24. The summed E-state index contributed by atoms with van der Waals surface area (Å²) < 4.78 is 0. The van der Waals surface area contributed by atoms with E-state index < -0.39 is 0 Å². The number of nitrogens with one attached hydrogen (secondary N) is 2. The number of hydrogen-bond donors (Lipinski definition) is 2. The van der Waals surface area contributed by atoms with Crippen LogP contribution in [0.15, 0.2) is 55.1 Å². The van der Waals surface area contributed by atoms with Gasteiger partial charge in [0.05, 0.1) is 6.54 Å². The van der Waals surface area contributed by atoms with E-state index in [4.69, 9.17) is 6.42 Å². The lowest BCUT2D eigenvalue weighted by molar-refractivity contribution is -0.124. The minimum absolute atomic E-state index is 0.0681. The van der Waals surface area contributed by atoms with Crippen LogP contribution in [0.1, 0.15) is 27.9 Å². The number of amides is 3. The summed E-state index contributed by atoms with van der Waals surface area (Å²) in [5.74, 6) is 1.63. The lowest BCUT2D eigenvalue weighted by Crippen LogP contribution is -2.35. The Balaban J connectivity index is 1.46. The normalized spacial score (nSPS) is 12.3. The Hall–Kier alpha value is -3.85. The molecule has 1 aliphatic heterocycles. The molecule has 6 heteroatoms. The van der Waals surface area contributed by atoms with E-state index in [2.05, 4.69) is 23.1 Å². The average Bonchev–Trinajstić information content (AvgIpc) is 2.95. The summed E-state index contributed by atoms with van der Waals surface area (Å²) in [7, 11) is 0. The maximum absolute atomic E-state index is 12.4. The monoisotopic (exact) mass is 373 g/mol. The predicted molar refractivity (Wildman–Crippen MR) is 107 cm³/mol. The summed E-state index contributed by atoms with van der Waals surface area (Å²) in [4.78, 5) is 37.9. The van der Waals surface area contributed by atoms with Crippen molar-refractivity contribution < 1.29 is 14.4 Å². The second-order valence-electron chi connectivity index (χ2n) is 6.25. The van der Waals surface area contributed by atoms with Crippen molar-refractivity contribution in [2.45, 2.75) is 6.42 Å². The van der Waals surface area contributed by atoms with Gasteiger partial charge < -0.3 is 15.5 Å². The van der Waals surface area contributed by atoms with Gasteiger partial charge in [-0.3, -0.25) is 14.4 Å². The van der Waals surface area contributed by atoms with Crippen molar-refractivity contribution in [2.75, 3.05) is 18.4 Å². The van der Waals surface area contributed by atoms with Gasteiger partial charge in [0.2, 0.25) is 11.8 Å². The zero-order valence-electron chi connectivity index (χ0n) is 15.2. The van der Waals surface area contributed by atoms with Gasteiger partial charge in [-0.05, 0) is 24.3 Å². The fraction of sp³-hybridized carbons (Fsp3) is 0.136. The maximum atomic E-state index is 12.4. The maximum Gasteiger partial charge on any atom is 0.258 e. The van der Waals surface area contributed by atoms with Gasteiger partial charge >= 0.3 is 0 Å². The molecule has 140 valence electrons. The molecule has 0 spiro atoms.